The number of thiophene rings is 1. The standard InChI is InChI=1S/C10H9N3S2/c11-4-9(10-6-12-7-15-10)13-5-8-2-1-3-14-8/h1-3,6-7,9,13H,5H2. The van der Waals surface area contributed by atoms with Crippen molar-refractivity contribution < 1.29 is 0 Å². The highest BCUT2D eigenvalue weighted by Gasteiger charge is 2.11. The van der Waals surface area contributed by atoms with E-state index in [1.807, 2.05) is 11.4 Å². The Kier molecular flexibility index (Phi) is 3.45. The van der Waals surface area contributed by atoms with Crippen LogP contribution in [-0.4, -0.2) is 4.98 Å². The van der Waals surface area contributed by atoms with Crippen molar-refractivity contribution in [2.45, 2.75) is 12.6 Å². The van der Waals surface area contributed by atoms with Crippen LogP contribution in [0.25, 0.3) is 0 Å². The minimum absolute atomic E-state index is 0.250. The number of rotatable bonds is 4. The van der Waals surface area contributed by atoms with Crippen molar-refractivity contribution in [3.05, 3.63) is 39.0 Å². The Hall–Kier alpha value is -1.22. The Balaban J connectivity index is 1.96. The maximum Gasteiger partial charge on any atom is 0.132 e. The number of hydrogen-bond donors (Lipinski definition) is 1. The van der Waals surface area contributed by atoms with Crippen LogP contribution in [0.4, 0.5) is 0 Å². The molecule has 3 nitrogen and oxygen atoms in total. The van der Waals surface area contributed by atoms with Crippen molar-refractivity contribution in [1.29, 1.82) is 5.26 Å². The fourth-order valence-corrected chi connectivity index (χ4v) is 2.49. The zero-order valence-electron chi connectivity index (χ0n) is 7.88. The summed E-state index contributed by atoms with van der Waals surface area (Å²) in [6.45, 7) is 0.730. The smallest absolute Gasteiger partial charge is 0.132 e. The molecule has 0 amide bonds. The van der Waals surface area contributed by atoms with Crippen LogP contribution in [0.3, 0.4) is 0 Å². The highest BCUT2D eigenvalue weighted by molar-refractivity contribution is 7.10. The molecule has 0 saturated carbocycles. The first-order valence-corrected chi connectivity index (χ1v) is 6.20. The topological polar surface area (TPSA) is 48.7 Å². The number of thiazole rings is 1. The van der Waals surface area contributed by atoms with Gasteiger partial charge in [0, 0.05) is 17.6 Å². The van der Waals surface area contributed by atoms with Gasteiger partial charge in [-0.05, 0) is 11.4 Å². The normalized spacial score (nSPS) is 12.2. The summed E-state index contributed by atoms with van der Waals surface area (Å²) >= 11 is 3.19. The largest absolute Gasteiger partial charge is 0.293 e. The highest BCUT2D eigenvalue weighted by Crippen LogP contribution is 2.17. The Morgan fingerprint density at radius 3 is 3.07 bits per heavy atom. The van der Waals surface area contributed by atoms with Gasteiger partial charge in [-0.3, -0.25) is 10.3 Å². The van der Waals surface area contributed by atoms with E-state index in [0.29, 0.717) is 0 Å². The molecule has 0 aliphatic heterocycles. The second kappa shape index (κ2) is 5.03. The van der Waals surface area contributed by atoms with E-state index in [1.165, 1.54) is 16.2 Å². The molecule has 2 aromatic heterocycles. The third-order valence-corrected chi connectivity index (χ3v) is 3.64. The molecule has 1 atom stereocenters. The highest BCUT2D eigenvalue weighted by atomic mass is 32.1. The quantitative estimate of drug-likeness (QED) is 0.886. The molecule has 0 saturated heterocycles. The first-order valence-electron chi connectivity index (χ1n) is 4.44. The predicted octanol–water partition coefficient (Wildman–Crippen LogP) is 2.56. The lowest BCUT2D eigenvalue weighted by Gasteiger charge is -2.07. The molecule has 2 heterocycles. The molecule has 2 rings (SSSR count). The molecule has 0 fully saturated rings. The van der Waals surface area contributed by atoms with Gasteiger partial charge in [-0.15, -0.1) is 22.7 Å². The van der Waals surface area contributed by atoms with E-state index >= 15 is 0 Å². The van der Waals surface area contributed by atoms with Crippen molar-refractivity contribution >= 4 is 22.7 Å². The van der Waals surface area contributed by atoms with Crippen molar-refractivity contribution in [3.8, 4) is 6.07 Å². The molecule has 76 valence electrons. The number of nitrogens with one attached hydrogen (secondary N) is 1. The third-order valence-electron chi connectivity index (χ3n) is 1.93. The Morgan fingerprint density at radius 1 is 1.53 bits per heavy atom. The van der Waals surface area contributed by atoms with E-state index in [9.17, 15) is 0 Å². The van der Waals surface area contributed by atoms with Gasteiger partial charge < -0.3 is 0 Å². The van der Waals surface area contributed by atoms with Crippen LogP contribution in [0.5, 0.6) is 0 Å². The third kappa shape index (κ3) is 2.63. The monoisotopic (exact) mass is 235 g/mol. The molecule has 0 aliphatic carbocycles. The summed E-state index contributed by atoms with van der Waals surface area (Å²) in [6, 6.07) is 6.04. The molecule has 0 bridgehead atoms. The second-order valence-corrected chi connectivity index (χ2v) is 4.88. The fraction of sp³-hybridized carbons (Fsp3) is 0.200. The summed E-state index contributed by atoms with van der Waals surface area (Å²) in [4.78, 5) is 6.17. The van der Waals surface area contributed by atoms with Crippen molar-refractivity contribution in [2.75, 3.05) is 0 Å². The number of hydrogen-bond acceptors (Lipinski definition) is 5. The summed E-state index contributed by atoms with van der Waals surface area (Å²) < 4.78 is 0. The molecule has 0 aliphatic rings. The van der Waals surface area contributed by atoms with Gasteiger partial charge in [-0.2, -0.15) is 5.26 Å². The van der Waals surface area contributed by atoms with Gasteiger partial charge >= 0.3 is 0 Å². The first-order chi connectivity index (χ1) is 7.40. The lowest BCUT2D eigenvalue weighted by atomic mass is 10.3. The minimum atomic E-state index is -0.250. The Bertz CT molecular complexity index is 428. The van der Waals surface area contributed by atoms with Gasteiger partial charge in [-0.25, -0.2) is 0 Å². The molecule has 2 aromatic rings. The molecular formula is C10H9N3S2. The van der Waals surface area contributed by atoms with E-state index in [2.05, 4.69) is 22.4 Å². The molecule has 15 heavy (non-hydrogen) atoms. The maximum atomic E-state index is 9.00. The Morgan fingerprint density at radius 2 is 2.47 bits per heavy atom. The minimum Gasteiger partial charge on any atom is -0.293 e. The van der Waals surface area contributed by atoms with Gasteiger partial charge in [0.1, 0.15) is 6.04 Å². The maximum absolute atomic E-state index is 9.00. The summed E-state index contributed by atoms with van der Waals surface area (Å²) in [5.74, 6) is 0. The van der Waals surface area contributed by atoms with Gasteiger partial charge in [-0.1, -0.05) is 6.07 Å². The summed E-state index contributed by atoms with van der Waals surface area (Å²) in [5.41, 5.74) is 1.74. The van der Waals surface area contributed by atoms with Crippen molar-refractivity contribution in [3.63, 3.8) is 0 Å². The Labute approximate surface area is 96.0 Å². The number of aromatic nitrogens is 1. The average Bonchev–Trinajstić information content (AvgIpc) is 2.90. The average molecular weight is 235 g/mol. The lowest BCUT2D eigenvalue weighted by molar-refractivity contribution is 0.643. The zero-order valence-corrected chi connectivity index (χ0v) is 9.52. The molecule has 0 radical (unpaired) electrons. The van der Waals surface area contributed by atoms with Crippen molar-refractivity contribution in [2.24, 2.45) is 0 Å². The number of nitrogens with zero attached hydrogens (tertiary/aromatic N) is 2. The summed E-state index contributed by atoms with van der Waals surface area (Å²) in [6.07, 6.45) is 1.74. The zero-order chi connectivity index (χ0) is 10.5. The summed E-state index contributed by atoms with van der Waals surface area (Å²) in [7, 11) is 0. The van der Waals surface area contributed by atoms with Crippen LogP contribution in [0.2, 0.25) is 0 Å². The van der Waals surface area contributed by atoms with Crippen LogP contribution >= 0.6 is 22.7 Å². The SMILES string of the molecule is N#CC(NCc1cccs1)c1cncs1. The van der Waals surface area contributed by atoms with E-state index < -0.39 is 0 Å². The van der Waals surface area contributed by atoms with Crippen LogP contribution in [-0.2, 0) is 6.54 Å². The van der Waals surface area contributed by atoms with E-state index in [-0.39, 0.29) is 6.04 Å². The van der Waals surface area contributed by atoms with E-state index in [4.69, 9.17) is 5.26 Å². The fourth-order valence-electron chi connectivity index (χ4n) is 1.19. The van der Waals surface area contributed by atoms with Gasteiger partial charge in [0.15, 0.2) is 0 Å². The van der Waals surface area contributed by atoms with Crippen molar-refractivity contribution in [1.82, 2.24) is 10.3 Å². The van der Waals surface area contributed by atoms with Gasteiger partial charge in [0.2, 0.25) is 0 Å². The lowest BCUT2D eigenvalue weighted by Crippen LogP contribution is -2.17. The predicted molar refractivity (Wildman–Crippen MR) is 61.6 cm³/mol. The molecule has 0 aromatic carbocycles. The number of nitriles is 1. The van der Waals surface area contributed by atoms with E-state index in [1.54, 1.807) is 23.0 Å². The molecule has 1 unspecified atom stereocenters. The molecule has 1 N–H and O–H groups in total. The van der Waals surface area contributed by atoms with Crippen LogP contribution < -0.4 is 5.32 Å². The van der Waals surface area contributed by atoms with Gasteiger partial charge in [0.05, 0.1) is 16.5 Å². The first kappa shape index (κ1) is 10.3. The van der Waals surface area contributed by atoms with Crippen LogP contribution in [0, 0.1) is 11.3 Å². The molecule has 5 heteroatoms. The molecule has 0 spiro atoms. The van der Waals surface area contributed by atoms with E-state index in [0.717, 1.165) is 11.4 Å². The second-order valence-electron chi connectivity index (χ2n) is 2.93. The van der Waals surface area contributed by atoms with Crippen LogP contribution in [0.15, 0.2) is 29.2 Å². The summed E-state index contributed by atoms with van der Waals surface area (Å²) in [5, 5.41) is 14.2. The molecular weight excluding hydrogens is 226 g/mol. The van der Waals surface area contributed by atoms with Crippen LogP contribution in [0.1, 0.15) is 15.8 Å². The van der Waals surface area contributed by atoms with Gasteiger partial charge in [0.25, 0.3) is 0 Å².